The molecule has 0 radical (unpaired) electrons. The van der Waals surface area contributed by atoms with E-state index in [1.165, 1.54) is 42.5 Å². The molecule has 32 heavy (non-hydrogen) atoms. The van der Waals surface area contributed by atoms with Gasteiger partial charge in [0.05, 0.1) is 31.4 Å². The third kappa shape index (κ3) is 5.05. The third-order valence-electron chi connectivity index (χ3n) is 5.12. The molecule has 11 heteroatoms. The molecule has 0 saturated carbocycles. The lowest BCUT2D eigenvalue weighted by Crippen LogP contribution is -2.49. The Balaban J connectivity index is 1.80. The van der Waals surface area contributed by atoms with Crippen molar-refractivity contribution in [3.8, 4) is 11.5 Å². The Bertz CT molecular complexity index is 1160. The summed E-state index contributed by atoms with van der Waals surface area (Å²) in [6.07, 6.45) is 3.56. The number of rotatable bonds is 9. The summed E-state index contributed by atoms with van der Waals surface area (Å²) in [5.41, 5.74) is 0.0167. The van der Waals surface area contributed by atoms with E-state index in [1.54, 1.807) is 17.6 Å². The Morgan fingerprint density at radius 2 is 1.91 bits per heavy atom. The molecule has 0 aliphatic heterocycles. The van der Waals surface area contributed by atoms with Crippen molar-refractivity contribution in [3.63, 3.8) is 0 Å². The van der Waals surface area contributed by atoms with Crippen LogP contribution >= 0.6 is 11.3 Å². The largest absolute Gasteiger partial charge is 0.493 e. The average Bonchev–Trinajstić information content (AvgIpc) is 3.31. The smallest absolute Gasteiger partial charge is 0.261 e. The molecule has 3 rings (SSSR count). The summed E-state index contributed by atoms with van der Waals surface area (Å²) in [6, 6.07) is 2.35. The lowest BCUT2D eigenvalue weighted by atomic mass is 9.98. The highest BCUT2D eigenvalue weighted by Gasteiger charge is 2.26. The number of amides is 2. The van der Waals surface area contributed by atoms with Crippen LogP contribution in [-0.4, -0.2) is 46.6 Å². The molecule has 0 bridgehead atoms. The van der Waals surface area contributed by atoms with Crippen LogP contribution in [0, 0.1) is 5.92 Å². The van der Waals surface area contributed by atoms with Crippen molar-refractivity contribution in [2.45, 2.75) is 32.9 Å². The molecule has 2 unspecified atom stereocenters. The summed E-state index contributed by atoms with van der Waals surface area (Å²) in [5.74, 6) is -0.124. The number of nitrogens with one attached hydrogen (secondary N) is 2. The number of hydrogen-bond acceptors (Lipinski definition) is 8. The van der Waals surface area contributed by atoms with Crippen LogP contribution in [0.2, 0.25) is 0 Å². The highest BCUT2D eigenvalue weighted by atomic mass is 32.1. The average molecular weight is 460 g/mol. The molecule has 0 saturated heterocycles. The van der Waals surface area contributed by atoms with Gasteiger partial charge in [0.1, 0.15) is 12.6 Å². The minimum Gasteiger partial charge on any atom is -0.493 e. The molecular formula is C21H25N5O5S. The molecule has 0 spiro atoms. The minimum absolute atomic E-state index is 0.123. The van der Waals surface area contributed by atoms with E-state index >= 15 is 0 Å². The maximum absolute atomic E-state index is 12.9. The lowest BCUT2D eigenvalue weighted by Gasteiger charge is -2.23. The van der Waals surface area contributed by atoms with E-state index in [9.17, 15) is 14.4 Å². The van der Waals surface area contributed by atoms with Gasteiger partial charge in [0.25, 0.3) is 5.56 Å². The molecule has 3 aromatic rings. The summed E-state index contributed by atoms with van der Waals surface area (Å²) in [4.78, 5) is 46.6. The van der Waals surface area contributed by atoms with Gasteiger partial charge < -0.3 is 20.1 Å². The molecule has 2 aromatic heterocycles. The van der Waals surface area contributed by atoms with E-state index in [4.69, 9.17) is 9.47 Å². The highest BCUT2D eigenvalue weighted by Crippen LogP contribution is 2.29. The fourth-order valence-corrected chi connectivity index (χ4v) is 3.67. The Kier molecular flexibility index (Phi) is 7.41. The zero-order chi connectivity index (χ0) is 23.3. The van der Waals surface area contributed by atoms with Crippen molar-refractivity contribution in [2.24, 2.45) is 5.92 Å². The van der Waals surface area contributed by atoms with Gasteiger partial charge in [-0.25, -0.2) is 9.97 Å². The van der Waals surface area contributed by atoms with E-state index < -0.39 is 17.5 Å². The summed E-state index contributed by atoms with van der Waals surface area (Å²) in [6.45, 7) is 3.52. The number of carbonyl (C=O) groups is 2. The second-order valence-corrected chi connectivity index (χ2v) is 8.05. The number of ether oxygens (including phenoxy) is 2. The molecule has 0 fully saturated rings. The second kappa shape index (κ2) is 10.2. The van der Waals surface area contributed by atoms with E-state index in [-0.39, 0.29) is 23.8 Å². The normalized spacial score (nSPS) is 12.8. The number of nitrogens with zero attached hydrogens (tertiary/aromatic N) is 3. The molecule has 2 atom stereocenters. The van der Waals surface area contributed by atoms with E-state index in [0.29, 0.717) is 28.6 Å². The lowest BCUT2D eigenvalue weighted by molar-refractivity contribution is -0.128. The van der Waals surface area contributed by atoms with Gasteiger partial charge in [-0.1, -0.05) is 20.3 Å². The van der Waals surface area contributed by atoms with E-state index in [2.05, 4.69) is 20.6 Å². The highest BCUT2D eigenvalue weighted by molar-refractivity contribution is 7.13. The number of benzene rings is 1. The van der Waals surface area contributed by atoms with Crippen LogP contribution in [0.4, 0.5) is 5.13 Å². The molecular weight excluding hydrogens is 434 g/mol. The zero-order valence-electron chi connectivity index (χ0n) is 18.2. The molecule has 170 valence electrons. The van der Waals surface area contributed by atoms with Gasteiger partial charge in [0.2, 0.25) is 11.8 Å². The summed E-state index contributed by atoms with van der Waals surface area (Å²) >= 11 is 1.29. The number of anilines is 1. The first kappa shape index (κ1) is 23.2. The standard InChI is InChI=1S/C21H25N5O5S/c1-5-12(2)18(19(28)25-21-22-6-7-32-21)24-17(27)10-26-11-23-14-9-16(31-4)15(30-3)8-13(14)20(26)29/h6-9,11-12,18H,5,10H2,1-4H3,(H,24,27)(H,22,25,28). The predicted octanol–water partition coefficient (Wildman–Crippen LogP) is 2.04. The number of aromatic nitrogens is 3. The van der Waals surface area contributed by atoms with Gasteiger partial charge in [0.15, 0.2) is 16.6 Å². The van der Waals surface area contributed by atoms with E-state index in [1.807, 2.05) is 13.8 Å². The number of methoxy groups -OCH3 is 2. The molecule has 0 aliphatic carbocycles. The fraction of sp³-hybridized carbons (Fsp3) is 0.381. The van der Waals surface area contributed by atoms with Gasteiger partial charge in [-0.15, -0.1) is 11.3 Å². The van der Waals surface area contributed by atoms with Crippen molar-refractivity contribution >= 4 is 39.2 Å². The molecule has 0 aliphatic rings. The Hall–Kier alpha value is -3.47. The Labute approximate surface area is 188 Å². The number of carbonyl (C=O) groups excluding carboxylic acids is 2. The first-order valence-electron chi connectivity index (χ1n) is 9.98. The van der Waals surface area contributed by atoms with Crippen LogP contribution in [0.15, 0.2) is 34.8 Å². The topological polar surface area (TPSA) is 124 Å². The van der Waals surface area contributed by atoms with Gasteiger partial charge in [-0.2, -0.15) is 0 Å². The van der Waals surface area contributed by atoms with Crippen LogP contribution < -0.4 is 25.7 Å². The first-order chi connectivity index (χ1) is 15.4. The number of hydrogen-bond donors (Lipinski definition) is 2. The quantitative estimate of drug-likeness (QED) is 0.502. The van der Waals surface area contributed by atoms with E-state index in [0.717, 1.165) is 0 Å². The van der Waals surface area contributed by atoms with Crippen molar-refractivity contribution in [1.29, 1.82) is 0 Å². The molecule has 2 heterocycles. The summed E-state index contributed by atoms with van der Waals surface area (Å²) in [5, 5.41) is 7.94. The Morgan fingerprint density at radius 3 is 2.53 bits per heavy atom. The van der Waals surface area contributed by atoms with Gasteiger partial charge in [-0.05, 0) is 12.0 Å². The van der Waals surface area contributed by atoms with Crippen molar-refractivity contribution < 1.29 is 19.1 Å². The third-order valence-corrected chi connectivity index (χ3v) is 5.81. The van der Waals surface area contributed by atoms with Crippen LogP contribution in [-0.2, 0) is 16.1 Å². The first-order valence-corrected chi connectivity index (χ1v) is 10.9. The minimum atomic E-state index is -0.773. The molecule has 2 N–H and O–H groups in total. The number of thiazole rings is 1. The zero-order valence-corrected chi connectivity index (χ0v) is 19.1. The SMILES string of the molecule is CCC(C)C(NC(=O)Cn1cnc2cc(OC)c(OC)cc2c1=O)C(=O)Nc1nccs1. The van der Waals surface area contributed by atoms with Crippen LogP contribution in [0.25, 0.3) is 10.9 Å². The van der Waals surface area contributed by atoms with Crippen molar-refractivity contribution in [3.05, 3.63) is 40.4 Å². The molecule has 2 amide bonds. The fourth-order valence-electron chi connectivity index (χ4n) is 3.14. The maximum atomic E-state index is 12.9. The predicted molar refractivity (Wildman–Crippen MR) is 121 cm³/mol. The summed E-state index contributed by atoms with van der Waals surface area (Å²) in [7, 11) is 2.96. The van der Waals surface area contributed by atoms with Gasteiger partial charge >= 0.3 is 0 Å². The van der Waals surface area contributed by atoms with Crippen LogP contribution in [0.1, 0.15) is 20.3 Å². The number of fused-ring (bicyclic) bond motifs is 1. The maximum Gasteiger partial charge on any atom is 0.261 e. The molecule has 1 aromatic carbocycles. The van der Waals surface area contributed by atoms with Crippen molar-refractivity contribution in [1.82, 2.24) is 19.9 Å². The Morgan fingerprint density at radius 1 is 1.19 bits per heavy atom. The van der Waals surface area contributed by atoms with Crippen LogP contribution in [0.5, 0.6) is 11.5 Å². The molecule has 10 nitrogen and oxygen atoms in total. The monoisotopic (exact) mass is 459 g/mol. The summed E-state index contributed by atoms with van der Waals surface area (Å²) < 4.78 is 11.7. The van der Waals surface area contributed by atoms with Crippen molar-refractivity contribution in [2.75, 3.05) is 19.5 Å². The second-order valence-electron chi connectivity index (χ2n) is 7.16. The van der Waals surface area contributed by atoms with Gasteiger partial charge in [-0.3, -0.25) is 19.0 Å². The van der Waals surface area contributed by atoms with Gasteiger partial charge in [0, 0.05) is 17.6 Å². The van der Waals surface area contributed by atoms with Crippen LogP contribution in [0.3, 0.4) is 0 Å².